The summed E-state index contributed by atoms with van der Waals surface area (Å²) in [4.78, 5) is 0. The Hall–Kier alpha value is -1.36. The van der Waals surface area contributed by atoms with Crippen molar-refractivity contribution >= 4 is 21.6 Å². The normalized spacial score (nSPS) is 10.7. The third-order valence-corrected chi connectivity index (χ3v) is 3.51. The number of hydrogen-bond donors (Lipinski definition) is 1. The van der Waals surface area contributed by atoms with Crippen molar-refractivity contribution in [3.63, 3.8) is 0 Å². The maximum atomic E-state index is 13.5. The molecule has 0 bridgehead atoms. The zero-order valence-corrected chi connectivity index (χ0v) is 12.1. The smallest absolute Gasteiger partial charge is 0.139 e. The number of anilines is 1. The summed E-state index contributed by atoms with van der Waals surface area (Å²) in [6.45, 7) is 6.26. The third kappa shape index (κ3) is 2.56. The van der Waals surface area contributed by atoms with E-state index in [9.17, 15) is 4.39 Å². The van der Waals surface area contributed by atoms with Crippen LogP contribution >= 0.6 is 15.9 Å². The molecule has 2 rings (SSSR count). The zero-order valence-electron chi connectivity index (χ0n) is 10.5. The fraction of sp³-hybridized carbons (Fsp3) is 0.308. The van der Waals surface area contributed by atoms with Crippen LogP contribution in [-0.4, -0.2) is 5.16 Å². The highest BCUT2D eigenvalue weighted by Crippen LogP contribution is 2.25. The maximum Gasteiger partial charge on any atom is 0.139 e. The van der Waals surface area contributed by atoms with E-state index in [-0.39, 0.29) is 5.82 Å². The van der Waals surface area contributed by atoms with Gasteiger partial charge in [0, 0.05) is 17.8 Å². The van der Waals surface area contributed by atoms with Crippen LogP contribution in [0, 0.1) is 26.6 Å². The van der Waals surface area contributed by atoms with E-state index in [1.165, 1.54) is 6.07 Å². The van der Waals surface area contributed by atoms with Crippen LogP contribution in [0.25, 0.3) is 0 Å². The molecular weight excluding hydrogens is 299 g/mol. The molecule has 1 heterocycles. The van der Waals surface area contributed by atoms with E-state index in [4.69, 9.17) is 4.52 Å². The lowest BCUT2D eigenvalue weighted by Gasteiger charge is -2.10. The van der Waals surface area contributed by atoms with Gasteiger partial charge in [0.15, 0.2) is 0 Å². The van der Waals surface area contributed by atoms with Gasteiger partial charge in [0.1, 0.15) is 11.6 Å². The van der Waals surface area contributed by atoms with Crippen LogP contribution in [0.3, 0.4) is 0 Å². The molecule has 0 unspecified atom stereocenters. The lowest BCUT2D eigenvalue weighted by Crippen LogP contribution is -2.03. The summed E-state index contributed by atoms with van der Waals surface area (Å²) in [6.07, 6.45) is 0. The molecule has 1 N–H and O–H groups in total. The van der Waals surface area contributed by atoms with Crippen LogP contribution in [0.15, 0.2) is 21.1 Å². The predicted molar refractivity (Wildman–Crippen MR) is 72.1 cm³/mol. The van der Waals surface area contributed by atoms with Gasteiger partial charge in [0.2, 0.25) is 0 Å². The standard InChI is InChI=1S/C13H14BrFN2O/c1-7-4-11(14)12(15)5-13(7)16-6-10-8(2)17-18-9(10)3/h4-5,16H,6H2,1-3H3. The third-order valence-electron chi connectivity index (χ3n) is 2.90. The Kier molecular flexibility index (Phi) is 3.71. The second-order valence-electron chi connectivity index (χ2n) is 4.24. The number of nitrogens with one attached hydrogen (secondary N) is 1. The summed E-state index contributed by atoms with van der Waals surface area (Å²) >= 11 is 3.17. The molecule has 0 saturated carbocycles. The number of halogens is 2. The molecule has 0 radical (unpaired) electrons. The lowest BCUT2D eigenvalue weighted by atomic mass is 10.1. The summed E-state index contributed by atoms with van der Waals surface area (Å²) in [5.74, 6) is 0.511. The number of benzene rings is 1. The van der Waals surface area contributed by atoms with E-state index in [0.29, 0.717) is 11.0 Å². The number of nitrogens with zero attached hydrogens (tertiary/aromatic N) is 1. The molecule has 0 atom stereocenters. The van der Waals surface area contributed by atoms with Crippen molar-refractivity contribution in [3.05, 3.63) is 45.0 Å². The molecule has 3 nitrogen and oxygen atoms in total. The van der Waals surface area contributed by atoms with Gasteiger partial charge in [-0.1, -0.05) is 5.16 Å². The molecule has 0 amide bonds. The van der Waals surface area contributed by atoms with E-state index in [0.717, 1.165) is 28.3 Å². The largest absolute Gasteiger partial charge is 0.380 e. The fourth-order valence-corrected chi connectivity index (χ4v) is 2.23. The van der Waals surface area contributed by atoms with Crippen LogP contribution in [0.5, 0.6) is 0 Å². The van der Waals surface area contributed by atoms with Gasteiger partial charge < -0.3 is 9.84 Å². The van der Waals surface area contributed by atoms with Gasteiger partial charge >= 0.3 is 0 Å². The first-order chi connectivity index (χ1) is 8.49. The van der Waals surface area contributed by atoms with Crippen LogP contribution in [-0.2, 0) is 6.54 Å². The minimum absolute atomic E-state index is 0.276. The second-order valence-corrected chi connectivity index (χ2v) is 5.09. The van der Waals surface area contributed by atoms with Crippen molar-refractivity contribution in [2.24, 2.45) is 0 Å². The summed E-state index contributed by atoms with van der Waals surface area (Å²) < 4.78 is 19.0. The van der Waals surface area contributed by atoms with E-state index in [1.54, 1.807) is 6.07 Å². The Morgan fingerprint density at radius 1 is 1.33 bits per heavy atom. The number of aryl methyl sites for hydroxylation is 3. The first kappa shape index (κ1) is 13.1. The molecule has 1 aromatic carbocycles. The van der Waals surface area contributed by atoms with Crippen LogP contribution < -0.4 is 5.32 Å². The number of hydrogen-bond acceptors (Lipinski definition) is 3. The molecule has 0 spiro atoms. The van der Waals surface area contributed by atoms with E-state index >= 15 is 0 Å². The molecule has 0 aliphatic rings. The van der Waals surface area contributed by atoms with E-state index in [2.05, 4.69) is 26.4 Å². The molecule has 0 aliphatic heterocycles. The molecule has 0 saturated heterocycles. The molecule has 18 heavy (non-hydrogen) atoms. The average Bonchev–Trinajstić information content (AvgIpc) is 2.62. The molecule has 0 fully saturated rings. The number of aromatic nitrogens is 1. The molecular formula is C13H14BrFN2O. The second kappa shape index (κ2) is 5.10. The number of rotatable bonds is 3. The molecule has 1 aromatic heterocycles. The Morgan fingerprint density at radius 3 is 2.67 bits per heavy atom. The quantitative estimate of drug-likeness (QED) is 0.926. The minimum atomic E-state index is -0.276. The minimum Gasteiger partial charge on any atom is -0.380 e. The van der Waals surface area contributed by atoms with Gasteiger partial charge in [0.05, 0.1) is 10.2 Å². The van der Waals surface area contributed by atoms with Gasteiger partial charge in [-0.2, -0.15) is 0 Å². The lowest BCUT2D eigenvalue weighted by molar-refractivity contribution is 0.392. The van der Waals surface area contributed by atoms with E-state index < -0.39 is 0 Å². The van der Waals surface area contributed by atoms with Crippen LogP contribution in [0.2, 0.25) is 0 Å². The monoisotopic (exact) mass is 312 g/mol. The summed E-state index contributed by atoms with van der Waals surface area (Å²) in [5.41, 5.74) is 3.62. The Balaban J connectivity index is 2.18. The zero-order chi connectivity index (χ0) is 13.3. The summed E-state index contributed by atoms with van der Waals surface area (Å²) in [5, 5.41) is 7.09. The van der Waals surface area contributed by atoms with Crippen LogP contribution in [0.1, 0.15) is 22.6 Å². The van der Waals surface area contributed by atoms with Gasteiger partial charge in [-0.15, -0.1) is 0 Å². The summed E-state index contributed by atoms with van der Waals surface area (Å²) in [6, 6.07) is 3.24. The van der Waals surface area contributed by atoms with Crippen LogP contribution in [0.4, 0.5) is 10.1 Å². The fourth-order valence-electron chi connectivity index (χ4n) is 1.77. The van der Waals surface area contributed by atoms with Crippen molar-refractivity contribution in [2.45, 2.75) is 27.3 Å². The first-order valence-electron chi connectivity index (χ1n) is 5.60. The van der Waals surface area contributed by atoms with Crippen molar-refractivity contribution < 1.29 is 8.91 Å². The molecule has 2 aromatic rings. The maximum absolute atomic E-state index is 13.5. The van der Waals surface area contributed by atoms with Gasteiger partial charge in [0.25, 0.3) is 0 Å². The SMILES string of the molecule is Cc1cc(Br)c(F)cc1NCc1c(C)noc1C. The van der Waals surface area contributed by atoms with Crippen molar-refractivity contribution in [2.75, 3.05) is 5.32 Å². The highest BCUT2D eigenvalue weighted by molar-refractivity contribution is 9.10. The van der Waals surface area contributed by atoms with Crippen molar-refractivity contribution in [1.29, 1.82) is 0 Å². The Bertz CT molecular complexity index is 561. The van der Waals surface area contributed by atoms with Gasteiger partial charge in [-0.25, -0.2) is 4.39 Å². The molecule has 96 valence electrons. The van der Waals surface area contributed by atoms with E-state index in [1.807, 2.05) is 20.8 Å². The summed E-state index contributed by atoms with van der Waals surface area (Å²) in [7, 11) is 0. The van der Waals surface area contributed by atoms with Gasteiger partial charge in [-0.05, 0) is 54.4 Å². The predicted octanol–water partition coefficient (Wildman–Crippen LogP) is 4.11. The highest BCUT2D eigenvalue weighted by Gasteiger charge is 2.10. The topological polar surface area (TPSA) is 38.1 Å². The Morgan fingerprint density at radius 2 is 2.06 bits per heavy atom. The molecule has 0 aliphatic carbocycles. The van der Waals surface area contributed by atoms with Crippen molar-refractivity contribution in [3.8, 4) is 0 Å². The molecule has 5 heteroatoms. The first-order valence-corrected chi connectivity index (χ1v) is 6.39. The average molecular weight is 313 g/mol. The van der Waals surface area contributed by atoms with Crippen molar-refractivity contribution in [1.82, 2.24) is 5.16 Å². The van der Waals surface area contributed by atoms with Gasteiger partial charge in [-0.3, -0.25) is 0 Å². The Labute approximate surface area is 113 Å². The highest BCUT2D eigenvalue weighted by atomic mass is 79.9.